The van der Waals surface area contributed by atoms with Crippen LogP contribution in [0.5, 0.6) is 5.75 Å². The number of carbonyl (C=O) groups is 2. The van der Waals surface area contributed by atoms with Gasteiger partial charge in [-0.2, -0.15) is 0 Å². The minimum atomic E-state index is -0.167. The van der Waals surface area contributed by atoms with Crippen LogP contribution in [0.1, 0.15) is 47.8 Å². The molecule has 3 aromatic rings. The van der Waals surface area contributed by atoms with Gasteiger partial charge < -0.3 is 19.9 Å². The molecule has 0 saturated carbocycles. The summed E-state index contributed by atoms with van der Waals surface area (Å²) in [6, 6.07) is 22.8. The van der Waals surface area contributed by atoms with Crippen molar-refractivity contribution in [3.8, 4) is 5.75 Å². The molecule has 1 N–H and O–H groups in total. The van der Waals surface area contributed by atoms with Crippen molar-refractivity contribution < 1.29 is 14.3 Å². The van der Waals surface area contributed by atoms with Gasteiger partial charge in [0.05, 0.1) is 13.2 Å². The molecule has 0 aliphatic carbocycles. The van der Waals surface area contributed by atoms with Crippen LogP contribution in [-0.2, 0) is 11.3 Å². The van der Waals surface area contributed by atoms with E-state index in [9.17, 15) is 9.59 Å². The Bertz CT molecular complexity index is 1110. The van der Waals surface area contributed by atoms with Gasteiger partial charge in [-0.3, -0.25) is 9.59 Å². The van der Waals surface area contributed by atoms with E-state index in [0.29, 0.717) is 24.3 Å². The Hall–Kier alpha value is -3.80. The van der Waals surface area contributed by atoms with Crippen molar-refractivity contribution in [2.45, 2.75) is 32.9 Å². The lowest BCUT2D eigenvalue weighted by atomic mass is 10.0. The van der Waals surface area contributed by atoms with Gasteiger partial charge in [0.2, 0.25) is 5.91 Å². The summed E-state index contributed by atoms with van der Waals surface area (Å²) in [5, 5.41) is 2.93. The van der Waals surface area contributed by atoms with Gasteiger partial charge in [-0.25, -0.2) is 0 Å². The SMILES string of the molecule is CCC(=O)Nc1ccc(N(C)C)c(CN(C(=O)c2ccc(OC)cc2)[C@H](C)c2ccccc2)c1. The van der Waals surface area contributed by atoms with Gasteiger partial charge in [0.1, 0.15) is 5.75 Å². The molecule has 0 fully saturated rings. The number of benzene rings is 3. The maximum absolute atomic E-state index is 13.8. The quantitative estimate of drug-likeness (QED) is 0.458. The maximum Gasteiger partial charge on any atom is 0.254 e. The van der Waals surface area contributed by atoms with Gasteiger partial charge in [-0.15, -0.1) is 0 Å². The molecule has 1 atom stereocenters. The molecular formula is C28H33N3O3. The van der Waals surface area contributed by atoms with Crippen LogP contribution in [0, 0.1) is 0 Å². The molecular weight excluding hydrogens is 426 g/mol. The Morgan fingerprint density at radius 2 is 1.65 bits per heavy atom. The molecule has 0 heterocycles. The number of nitrogens with zero attached hydrogens (tertiary/aromatic N) is 2. The summed E-state index contributed by atoms with van der Waals surface area (Å²) in [6.45, 7) is 4.24. The molecule has 0 radical (unpaired) electrons. The van der Waals surface area contributed by atoms with E-state index in [0.717, 1.165) is 22.5 Å². The fourth-order valence-corrected chi connectivity index (χ4v) is 3.85. The molecule has 0 unspecified atom stereocenters. The number of hydrogen-bond donors (Lipinski definition) is 1. The van der Waals surface area contributed by atoms with Gasteiger partial charge in [0, 0.05) is 44.0 Å². The monoisotopic (exact) mass is 459 g/mol. The first-order valence-corrected chi connectivity index (χ1v) is 11.4. The lowest BCUT2D eigenvalue weighted by Crippen LogP contribution is -2.33. The second-order valence-corrected chi connectivity index (χ2v) is 8.39. The molecule has 2 amide bonds. The van der Waals surface area contributed by atoms with Gasteiger partial charge in [0.25, 0.3) is 5.91 Å². The Morgan fingerprint density at radius 1 is 0.971 bits per heavy atom. The molecule has 3 rings (SSSR count). The van der Waals surface area contributed by atoms with E-state index in [1.165, 1.54) is 0 Å². The van der Waals surface area contributed by atoms with Crippen molar-refractivity contribution in [1.82, 2.24) is 4.90 Å². The Morgan fingerprint density at radius 3 is 2.24 bits per heavy atom. The van der Waals surface area contributed by atoms with Gasteiger partial charge >= 0.3 is 0 Å². The highest BCUT2D eigenvalue weighted by molar-refractivity contribution is 5.95. The van der Waals surface area contributed by atoms with Crippen LogP contribution in [0.2, 0.25) is 0 Å². The molecule has 0 saturated heterocycles. The minimum absolute atomic E-state index is 0.0487. The van der Waals surface area contributed by atoms with Crippen molar-refractivity contribution in [2.75, 3.05) is 31.4 Å². The number of amides is 2. The first-order valence-electron chi connectivity index (χ1n) is 11.4. The van der Waals surface area contributed by atoms with Gasteiger partial charge in [0.15, 0.2) is 0 Å². The van der Waals surface area contributed by atoms with E-state index >= 15 is 0 Å². The lowest BCUT2D eigenvalue weighted by Gasteiger charge is -2.32. The third-order valence-corrected chi connectivity index (χ3v) is 5.85. The van der Waals surface area contributed by atoms with Crippen molar-refractivity contribution in [1.29, 1.82) is 0 Å². The van der Waals surface area contributed by atoms with Gasteiger partial charge in [-0.1, -0.05) is 37.3 Å². The summed E-state index contributed by atoms with van der Waals surface area (Å²) in [7, 11) is 5.55. The van der Waals surface area contributed by atoms with E-state index < -0.39 is 0 Å². The molecule has 0 aromatic heterocycles. The average Bonchev–Trinajstić information content (AvgIpc) is 2.86. The molecule has 0 bridgehead atoms. The number of methoxy groups -OCH3 is 1. The van der Waals surface area contributed by atoms with E-state index in [1.54, 1.807) is 31.4 Å². The standard InChI is InChI=1S/C28H33N3O3/c1-6-27(32)29-24-14-17-26(30(3)4)23(18-24)19-31(20(2)21-10-8-7-9-11-21)28(33)22-12-15-25(34-5)16-13-22/h7-18,20H,6,19H2,1-5H3,(H,29,32)/t20-/m1/s1. The number of carbonyl (C=O) groups excluding carboxylic acids is 2. The molecule has 0 aliphatic rings. The summed E-state index contributed by atoms with van der Waals surface area (Å²) < 4.78 is 5.25. The predicted molar refractivity (Wildman–Crippen MR) is 137 cm³/mol. The summed E-state index contributed by atoms with van der Waals surface area (Å²) in [4.78, 5) is 29.6. The Labute approximate surface area is 202 Å². The number of hydrogen-bond acceptors (Lipinski definition) is 4. The highest BCUT2D eigenvalue weighted by Crippen LogP contribution is 2.30. The third-order valence-electron chi connectivity index (χ3n) is 5.85. The zero-order chi connectivity index (χ0) is 24.7. The fraction of sp³-hybridized carbons (Fsp3) is 0.286. The number of rotatable bonds is 9. The topological polar surface area (TPSA) is 61.9 Å². The second-order valence-electron chi connectivity index (χ2n) is 8.39. The minimum Gasteiger partial charge on any atom is -0.497 e. The first-order chi connectivity index (χ1) is 16.3. The highest BCUT2D eigenvalue weighted by atomic mass is 16.5. The van der Waals surface area contributed by atoms with E-state index in [1.807, 2.05) is 86.3 Å². The molecule has 178 valence electrons. The average molecular weight is 460 g/mol. The smallest absolute Gasteiger partial charge is 0.254 e. The summed E-state index contributed by atoms with van der Waals surface area (Å²) in [5.41, 5.74) is 4.29. The van der Waals surface area contributed by atoms with Crippen LogP contribution in [0.15, 0.2) is 72.8 Å². The fourth-order valence-electron chi connectivity index (χ4n) is 3.85. The number of anilines is 2. The largest absolute Gasteiger partial charge is 0.497 e. The van der Waals surface area contributed by atoms with Crippen LogP contribution in [-0.4, -0.2) is 37.9 Å². The molecule has 0 aliphatic heterocycles. The van der Waals surface area contributed by atoms with E-state index in [2.05, 4.69) is 5.32 Å². The first kappa shape index (κ1) is 24.8. The highest BCUT2D eigenvalue weighted by Gasteiger charge is 2.25. The summed E-state index contributed by atoms with van der Waals surface area (Å²) in [5.74, 6) is 0.576. The molecule has 6 nitrogen and oxygen atoms in total. The van der Waals surface area contributed by atoms with Crippen molar-refractivity contribution in [3.63, 3.8) is 0 Å². The van der Waals surface area contributed by atoms with Crippen molar-refractivity contribution in [2.24, 2.45) is 0 Å². The zero-order valence-electron chi connectivity index (χ0n) is 20.5. The van der Waals surface area contributed by atoms with Crippen LogP contribution in [0.3, 0.4) is 0 Å². The van der Waals surface area contributed by atoms with Crippen molar-refractivity contribution in [3.05, 3.63) is 89.5 Å². The molecule has 34 heavy (non-hydrogen) atoms. The van der Waals surface area contributed by atoms with Gasteiger partial charge in [-0.05, 0) is 60.5 Å². The Kier molecular flexibility index (Phi) is 8.30. The number of ether oxygens (including phenoxy) is 1. The van der Waals surface area contributed by atoms with Crippen LogP contribution >= 0.6 is 0 Å². The number of nitrogens with one attached hydrogen (secondary N) is 1. The molecule has 6 heteroatoms. The normalized spacial score (nSPS) is 11.4. The third kappa shape index (κ3) is 5.95. The van der Waals surface area contributed by atoms with E-state index in [4.69, 9.17) is 4.74 Å². The summed E-state index contributed by atoms with van der Waals surface area (Å²) in [6.07, 6.45) is 0.401. The Balaban J connectivity index is 2.03. The summed E-state index contributed by atoms with van der Waals surface area (Å²) >= 11 is 0. The van der Waals surface area contributed by atoms with E-state index in [-0.39, 0.29) is 17.9 Å². The predicted octanol–water partition coefficient (Wildman–Crippen LogP) is 5.51. The van der Waals surface area contributed by atoms with Crippen LogP contribution in [0.25, 0.3) is 0 Å². The second kappa shape index (κ2) is 11.4. The van der Waals surface area contributed by atoms with Crippen molar-refractivity contribution >= 4 is 23.2 Å². The molecule has 0 spiro atoms. The zero-order valence-corrected chi connectivity index (χ0v) is 20.5. The van der Waals surface area contributed by atoms with Crippen LogP contribution < -0.4 is 15.0 Å². The molecule has 3 aromatic carbocycles. The maximum atomic E-state index is 13.8. The lowest BCUT2D eigenvalue weighted by molar-refractivity contribution is -0.115. The van der Waals surface area contributed by atoms with Crippen LogP contribution in [0.4, 0.5) is 11.4 Å².